The lowest BCUT2D eigenvalue weighted by Gasteiger charge is -2.43. The average molecular weight is 479 g/mol. The molecule has 0 aliphatic carbocycles. The summed E-state index contributed by atoms with van der Waals surface area (Å²) in [7, 11) is 4.77. The highest BCUT2D eigenvalue weighted by Crippen LogP contribution is 2.31. The lowest BCUT2D eigenvalue weighted by atomic mass is 9.94. The Kier molecular flexibility index (Phi) is 7.07. The molecule has 0 saturated carbocycles. The molecule has 3 aromatic rings. The molecule has 0 fully saturated rings. The van der Waals surface area contributed by atoms with Crippen LogP contribution < -0.4 is 14.8 Å². The van der Waals surface area contributed by atoms with Crippen molar-refractivity contribution in [3.8, 4) is 22.8 Å². The Morgan fingerprint density at radius 2 is 1.83 bits per heavy atom. The largest absolute Gasteiger partial charge is 0.497 e. The number of rotatable bonds is 9. The van der Waals surface area contributed by atoms with E-state index in [1.54, 1.807) is 43.9 Å². The molecule has 2 aromatic carbocycles. The van der Waals surface area contributed by atoms with Crippen LogP contribution in [0.5, 0.6) is 11.5 Å². The van der Waals surface area contributed by atoms with Gasteiger partial charge in [0.1, 0.15) is 22.7 Å². The van der Waals surface area contributed by atoms with E-state index in [0.29, 0.717) is 23.7 Å². The maximum Gasteiger partial charge on any atom is 0.273 e. The van der Waals surface area contributed by atoms with Crippen LogP contribution in [0.25, 0.3) is 11.3 Å². The number of carbonyl (C=O) groups is 2. The first-order chi connectivity index (χ1) is 16.9. The molecule has 35 heavy (non-hydrogen) atoms. The smallest absolute Gasteiger partial charge is 0.273 e. The summed E-state index contributed by atoms with van der Waals surface area (Å²) in [6.45, 7) is 2.83. The van der Waals surface area contributed by atoms with E-state index in [9.17, 15) is 9.59 Å². The van der Waals surface area contributed by atoms with Crippen LogP contribution in [0.2, 0.25) is 0 Å². The first-order valence-corrected chi connectivity index (χ1v) is 11.3. The molecule has 1 aromatic heterocycles. The summed E-state index contributed by atoms with van der Waals surface area (Å²) >= 11 is 0. The van der Waals surface area contributed by atoms with Crippen LogP contribution in [0.15, 0.2) is 54.6 Å². The standard InChI is InChI=1S/C26H30N4O5/c1-26(25(32)27-16-19-7-5-6-8-23(19)35-4)17-30-22(24(31)29(26)13-14-33-2)15-21(28-30)18-9-11-20(34-3)12-10-18/h5-12,15H,13-14,16-17H2,1-4H3,(H,27,32). The van der Waals surface area contributed by atoms with E-state index in [1.807, 2.05) is 48.5 Å². The van der Waals surface area contributed by atoms with Crippen molar-refractivity contribution in [2.24, 2.45) is 0 Å². The zero-order chi connectivity index (χ0) is 25.0. The number of ether oxygens (including phenoxy) is 3. The second-order valence-corrected chi connectivity index (χ2v) is 8.52. The van der Waals surface area contributed by atoms with E-state index in [2.05, 4.69) is 10.4 Å². The summed E-state index contributed by atoms with van der Waals surface area (Å²) in [6.07, 6.45) is 0. The Hall–Kier alpha value is -3.85. The zero-order valence-electron chi connectivity index (χ0n) is 20.4. The second kappa shape index (κ2) is 10.2. The fourth-order valence-electron chi connectivity index (χ4n) is 4.29. The zero-order valence-corrected chi connectivity index (χ0v) is 20.4. The number of aromatic nitrogens is 2. The Morgan fingerprint density at radius 1 is 1.09 bits per heavy atom. The molecule has 1 unspecified atom stereocenters. The quantitative estimate of drug-likeness (QED) is 0.508. The fourth-order valence-corrected chi connectivity index (χ4v) is 4.29. The molecule has 4 rings (SSSR count). The Balaban J connectivity index is 1.62. The van der Waals surface area contributed by atoms with E-state index in [1.165, 1.54) is 0 Å². The lowest BCUT2D eigenvalue weighted by molar-refractivity contribution is -0.133. The van der Waals surface area contributed by atoms with Crippen molar-refractivity contribution in [3.63, 3.8) is 0 Å². The van der Waals surface area contributed by atoms with Crippen LogP contribution in [0.1, 0.15) is 23.0 Å². The Bertz CT molecular complexity index is 1210. The number of methoxy groups -OCH3 is 3. The van der Waals surface area contributed by atoms with E-state index in [4.69, 9.17) is 14.2 Å². The molecule has 0 bridgehead atoms. The monoisotopic (exact) mass is 478 g/mol. The molecule has 9 heteroatoms. The first-order valence-electron chi connectivity index (χ1n) is 11.3. The molecule has 1 aliphatic rings. The molecule has 2 amide bonds. The van der Waals surface area contributed by atoms with Gasteiger partial charge in [0.25, 0.3) is 5.91 Å². The number of benzene rings is 2. The summed E-state index contributed by atoms with van der Waals surface area (Å²) in [5.41, 5.74) is 1.63. The van der Waals surface area contributed by atoms with Crippen molar-refractivity contribution in [3.05, 3.63) is 65.9 Å². The van der Waals surface area contributed by atoms with Crippen molar-refractivity contribution < 1.29 is 23.8 Å². The highest BCUT2D eigenvalue weighted by Gasteiger charge is 2.47. The highest BCUT2D eigenvalue weighted by molar-refractivity contribution is 6.00. The highest BCUT2D eigenvalue weighted by atomic mass is 16.5. The maximum absolute atomic E-state index is 13.6. The van der Waals surface area contributed by atoms with Gasteiger partial charge in [-0.25, -0.2) is 0 Å². The summed E-state index contributed by atoms with van der Waals surface area (Å²) in [5, 5.41) is 7.65. The Labute approximate surface area is 204 Å². The minimum Gasteiger partial charge on any atom is -0.497 e. The van der Waals surface area contributed by atoms with Gasteiger partial charge >= 0.3 is 0 Å². The number of hydrogen-bond donors (Lipinski definition) is 1. The van der Waals surface area contributed by atoms with Gasteiger partial charge in [-0.3, -0.25) is 14.3 Å². The lowest BCUT2D eigenvalue weighted by Crippen LogP contribution is -2.64. The van der Waals surface area contributed by atoms with Crippen molar-refractivity contribution in [1.29, 1.82) is 0 Å². The van der Waals surface area contributed by atoms with E-state index >= 15 is 0 Å². The van der Waals surface area contributed by atoms with Gasteiger partial charge < -0.3 is 24.4 Å². The topological polar surface area (TPSA) is 94.9 Å². The summed E-state index contributed by atoms with van der Waals surface area (Å²) in [4.78, 5) is 28.7. The number of amides is 2. The van der Waals surface area contributed by atoms with E-state index in [-0.39, 0.29) is 31.4 Å². The van der Waals surface area contributed by atoms with E-state index in [0.717, 1.165) is 16.9 Å². The molecule has 1 aliphatic heterocycles. The van der Waals surface area contributed by atoms with Crippen LogP contribution in [-0.2, 0) is 22.6 Å². The van der Waals surface area contributed by atoms with Gasteiger partial charge in [0, 0.05) is 31.3 Å². The molecule has 2 heterocycles. The van der Waals surface area contributed by atoms with Crippen LogP contribution in [0.3, 0.4) is 0 Å². The van der Waals surface area contributed by atoms with Gasteiger partial charge in [-0.2, -0.15) is 5.10 Å². The molecule has 1 atom stereocenters. The number of hydrogen-bond acceptors (Lipinski definition) is 6. The van der Waals surface area contributed by atoms with Crippen molar-refractivity contribution >= 4 is 11.8 Å². The fraction of sp³-hybridized carbons (Fsp3) is 0.346. The van der Waals surface area contributed by atoms with Gasteiger partial charge in [-0.05, 0) is 43.3 Å². The summed E-state index contributed by atoms with van der Waals surface area (Å²) in [5.74, 6) is 0.877. The minimum absolute atomic E-state index is 0.214. The number of carbonyl (C=O) groups excluding carboxylic acids is 2. The van der Waals surface area contributed by atoms with Gasteiger partial charge in [-0.1, -0.05) is 18.2 Å². The van der Waals surface area contributed by atoms with Crippen LogP contribution in [0, 0.1) is 0 Å². The number of nitrogens with zero attached hydrogens (tertiary/aromatic N) is 3. The van der Waals surface area contributed by atoms with Gasteiger partial charge in [-0.15, -0.1) is 0 Å². The van der Waals surface area contributed by atoms with E-state index < -0.39 is 5.54 Å². The third kappa shape index (κ3) is 4.72. The van der Waals surface area contributed by atoms with Crippen LogP contribution in [0.4, 0.5) is 0 Å². The molecule has 0 saturated heterocycles. The summed E-state index contributed by atoms with van der Waals surface area (Å²) < 4.78 is 17.5. The van der Waals surface area contributed by atoms with Gasteiger partial charge in [0.15, 0.2) is 0 Å². The normalized spacial score (nSPS) is 17.1. The van der Waals surface area contributed by atoms with Crippen LogP contribution in [-0.4, -0.2) is 66.5 Å². The van der Waals surface area contributed by atoms with Crippen LogP contribution >= 0.6 is 0 Å². The summed E-state index contributed by atoms with van der Waals surface area (Å²) in [6, 6.07) is 16.7. The maximum atomic E-state index is 13.6. The third-order valence-electron chi connectivity index (χ3n) is 6.32. The molecule has 9 nitrogen and oxygen atoms in total. The number of nitrogens with one attached hydrogen (secondary N) is 1. The molecule has 0 spiro atoms. The molecule has 184 valence electrons. The third-order valence-corrected chi connectivity index (χ3v) is 6.32. The predicted molar refractivity (Wildman–Crippen MR) is 130 cm³/mol. The molecule has 0 radical (unpaired) electrons. The van der Waals surface area contributed by atoms with Gasteiger partial charge in [0.2, 0.25) is 5.91 Å². The predicted octanol–water partition coefficient (Wildman–Crippen LogP) is 2.74. The SMILES string of the molecule is COCCN1C(=O)c2cc(-c3ccc(OC)cc3)nn2CC1(C)C(=O)NCc1ccccc1OC. The van der Waals surface area contributed by atoms with Crippen molar-refractivity contribution in [1.82, 2.24) is 20.0 Å². The number of para-hydroxylation sites is 1. The molecular weight excluding hydrogens is 448 g/mol. The first kappa shape index (κ1) is 24.3. The van der Waals surface area contributed by atoms with Gasteiger partial charge in [0.05, 0.1) is 33.1 Å². The molecule has 1 N–H and O–H groups in total. The van der Waals surface area contributed by atoms with Crippen molar-refractivity contribution in [2.45, 2.75) is 25.6 Å². The van der Waals surface area contributed by atoms with Crippen molar-refractivity contribution in [2.75, 3.05) is 34.5 Å². The average Bonchev–Trinajstić information content (AvgIpc) is 3.31. The Morgan fingerprint density at radius 3 is 2.51 bits per heavy atom. The number of fused-ring (bicyclic) bond motifs is 1. The second-order valence-electron chi connectivity index (χ2n) is 8.52. The minimum atomic E-state index is -1.16. The molecular formula is C26H30N4O5.